The summed E-state index contributed by atoms with van der Waals surface area (Å²) in [4.78, 5) is 10.9. The second-order valence-corrected chi connectivity index (χ2v) is 3.09. The smallest absolute Gasteiger partial charge is 0.354 e. The maximum absolute atomic E-state index is 11.9. The van der Waals surface area contributed by atoms with Crippen LogP contribution in [0.15, 0.2) is 0 Å². The Morgan fingerprint density at radius 2 is 1.69 bits per heavy atom. The van der Waals surface area contributed by atoms with Gasteiger partial charge in [-0.05, 0) is 18.5 Å². The molecule has 0 aliphatic carbocycles. The van der Waals surface area contributed by atoms with Gasteiger partial charge in [-0.3, -0.25) is 0 Å². The first kappa shape index (κ1) is 12.8. The Kier molecular flexibility index (Phi) is 4.11. The number of aromatic nitrogens is 3. The highest BCUT2D eigenvalue weighted by molar-refractivity contribution is 6.28. The fourth-order valence-electron chi connectivity index (χ4n) is 0.846. The van der Waals surface area contributed by atoms with E-state index in [1.165, 1.54) is 0 Å². The van der Waals surface area contributed by atoms with E-state index in [9.17, 15) is 13.2 Å². The lowest BCUT2D eigenvalue weighted by Crippen LogP contribution is -2.22. The lowest BCUT2D eigenvalue weighted by Gasteiger charge is -2.09. The molecule has 0 aliphatic heterocycles. The SMILES string of the molecule is CCNc1nc(Cl)nc(NCC(F)(F)F)n1. The number of nitrogens with zero attached hydrogens (tertiary/aromatic N) is 3. The second-order valence-electron chi connectivity index (χ2n) is 2.75. The third kappa shape index (κ3) is 4.47. The molecule has 0 atom stereocenters. The maximum atomic E-state index is 11.9. The molecule has 0 fully saturated rings. The van der Waals surface area contributed by atoms with E-state index in [2.05, 4.69) is 20.3 Å². The Morgan fingerprint density at radius 3 is 2.19 bits per heavy atom. The molecule has 0 aromatic carbocycles. The van der Waals surface area contributed by atoms with Gasteiger partial charge in [0.25, 0.3) is 0 Å². The number of anilines is 2. The van der Waals surface area contributed by atoms with Crippen molar-refractivity contribution in [1.82, 2.24) is 15.0 Å². The van der Waals surface area contributed by atoms with Crippen molar-refractivity contribution < 1.29 is 13.2 Å². The van der Waals surface area contributed by atoms with Gasteiger partial charge in [-0.2, -0.15) is 28.1 Å². The molecule has 1 heterocycles. The molecule has 1 rings (SSSR count). The molecule has 0 saturated heterocycles. The van der Waals surface area contributed by atoms with Crippen molar-refractivity contribution in [1.29, 1.82) is 0 Å². The lowest BCUT2D eigenvalue weighted by molar-refractivity contribution is -0.115. The van der Waals surface area contributed by atoms with Crippen LogP contribution in [0.1, 0.15) is 6.92 Å². The average Bonchev–Trinajstić information content (AvgIpc) is 2.13. The van der Waals surface area contributed by atoms with Gasteiger partial charge >= 0.3 is 6.18 Å². The van der Waals surface area contributed by atoms with Gasteiger partial charge in [0.15, 0.2) is 0 Å². The van der Waals surface area contributed by atoms with E-state index in [0.29, 0.717) is 6.54 Å². The molecule has 1 aromatic rings. The first-order valence-corrected chi connectivity index (χ1v) is 4.74. The van der Waals surface area contributed by atoms with E-state index in [1.54, 1.807) is 6.92 Å². The number of nitrogens with one attached hydrogen (secondary N) is 2. The van der Waals surface area contributed by atoms with Crippen LogP contribution >= 0.6 is 11.6 Å². The van der Waals surface area contributed by atoms with Crippen LogP contribution in [0.4, 0.5) is 25.1 Å². The Morgan fingerprint density at radius 1 is 1.12 bits per heavy atom. The molecule has 0 unspecified atom stereocenters. The number of halogens is 4. The highest BCUT2D eigenvalue weighted by Gasteiger charge is 2.27. The summed E-state index contributed by atoms with van der Waals surface area (Å²) in [6.45, 7) is 1.10. The molecule has 90 valence electrons. The third-order valence-corrected chi connectivity index (χ3v) is 1.56. The molecule has 5 nitrogen and oxygen atoms in total. The van der Waals surface area contributed by atoms with Crippen molar-refractivity contribution in [2.45, 2.75) is 13.1 Å². The van der Waals surface area contributed by atoms with Gasteiger partial charge in [0.2, 0.25) is 17.2 Å². The molecule has 0 saturated carbocycles. The molecule has 9 heteroatoms. The molecule has 16 heavy (non-hydrogen) atoms. The van der Waals surface area contributed by atoms with Crippen molar-refractivity contribution in [3.63, 3.8) is 0 Å². The predicted molar refractivity (Wildman–Crippen MR) is 53.5 cm³/mol. The van der Waals surface area contributed by atoms with Crippen LogP contribution in [-0.4, -0.2) is 34.2 Å². The summed E-state index contributed by atoms with van der Waals surface area (Å²) in [5.74, 6) is -0.0829. The van der Waals surface area contributed by atoms with Crippen LogP contribution in [0.2, 0.25) is 5.28 Å². The molecule has 1 aromatic heterocycles. The Balaban J connectivity index is 2.72. The molecule has 2 N–H and O–H groups in total. The summed E-state index contributed by atoms with van der Waals surface area (Å²) in [5.41, 5.74) is 0. The van der Waals surface area contributed by atoms with E-state index in [-0.39, 0.29) is 17.2 Å². The predicted octanol–water partition coefficient (Wildman–Crippen LogP) is 1.93. The number of rotatable bonds is 4. The monoisotopic (exact) mass is 255 g/mol. The van der Waals surface area contributed by atoms with Gasteiger partial charge < -0.3 is 10.6 Å². The highest BCUT2D eigenvalue weighted by Crippen LogP contribution is 2.16. The van der Waals surface area contributed by atoms with Gasteiger partial charge in [-0.25, -0.2) is 0 Å². The lowest BCUT2D eigenvalue weighted by atomic mass is 10.6. The standard InChI is InChI=1S/C7H9ClF3N5/c1-2-12-5-14-4(8)15-6(16-5)13-3-7(9,10)11/h2-3H2,1H3,(H2,12,13,14,15,16). The van der Waals surface area contributed by atoms with E-state index in [0.717, 1.165) is 0 Å². The van der Waals surface area contributed by atoms with Gasteiger partial charge in [0, 0.05) is 6.54 Å². The fourth-order valence-corrected chi connectivity index (χ4v) is 1.01. The summed E-state index contributed by atoms with van der Waals surface area (Å²) < 4.78 is 35.7. The van der Waals surface area contributed by atoms with Crippen LogP contribution in [0.5, 0.6) is 0 Å². The topological polar surface area (TPSA) is 62.7 Å². The molecular weight excluding hydrogens is 247 g/mol. The van der Waals surface area contributed by atoms with Crippen molar-refractivity contribution in [2.24, 2.45) is 0 Å². The van der Waals surface area contributed by atoms with E-state index >= 15 is 0 Å². The van der Waals surface area contributed by atoms with Gasteiger partial charge in [0.05, 0.1) is 0 Å². The summed E-state index contributed by atoms with van der Waals surface area (Å²) >= 11 is 5.51. The number of hydrogen-bond acceptors (Lipinski definition) is 5. The minimum absolute atomic E-state index is 0.132. The van der Waals surface area contributed by atoms with Crippen LogP contribution in [0.25, 0.3) is 0 Å². The van der Waals surface area contributed by atoms with E-state index in [1.807, 2.05) is 5.32 Å². The quantitative estimate of drug-likeness (QED) is 0.861. The molecule has 0 spiro atoms. The molecular formula is C7H9ClF3N5. The Bertz CT molecular complexity index is 356. The molecule has 0 radical (unpaired) electrons. The van der Waals surface area contributed by atoms with Crippen molar-refractivity contribution in [2.75, 3.05) is 23.7 Å². The third-order valence-electron chi connectivity index (χ3n) is 1.39. The summed E-state index contributed by atoms with van der Waals surface area (Å²) in [5, 5.41) is 4.56. The van der Waals surface area contributed by atoms with Crippen LogP contribution < -0.4 is 10.6 Å². The Hall–Kier alpha value is -1.31. The van der Waals surface area contributed by atoms with E-state index < -0.39 is 12.7 Å². The first-order chi connectivity index (χ1) is 7.40. The summed E-state index contributed by atoms with van der Waals surface area (Å²) in [6, 6.07) is 0. The minimum atomic E-state index is -4.34. The second kappa shape index (κ2) is 5.15. The zero-order valence-corrected chi connectivity index (χ0v) is 9.02. The average molecular weight is 256 g/mol. The molecule has 0 aliphatic rings. The van der Waals surface area contributed by atoms with Crippen LogP contribution in [0, 0.1) is 0 Å². The normalized spacial score (nSPS) is 11.3. The largest absolute Gasteiger partial charge is 0.405 e. The van der Waals surface area contributed by atoms with Crippen molar-refractivity contribution in [3.05, 3.63) is 5.28 Å². The summed E-state index contributed by atoms with van der Waals surface area (Å²) in [6.07, 6.45) is -4.34. The van der Waals surface area contributed by atoms with E-state index in [4.69, 9.17) is 11.6 Å². The number of hydrogen-bond donors (Lipinski definition) is 2. The maximum Gasteiger partial charge on any atom is 0.405 e. The zero-order chi connectivity index (χ0) is 12.2. The first-order valence-electron chi connectivity index (χ1n) is 4.37. The molecule has 0 bridgehead atoms. The number of alkyl halides is 3. The minimum Gasteiger partial charge on any atom is -0.354 e. The van der Waals surface area contributed by atoms with Crippen LogP contribution in [0.3, 0.4) is 0 Å². The zero-order valence-electron chi connectivity index (χ0n) is 8.27. The van der Waals surface area contributed by atoms with Crippen molar-refractivity contribution in [3.8, 4) is 0 Å². The molecule has 0 amide bonds. The summed E-state index contributed by atoms with van der Waals surface area (Å²) in [7, 11) is 0. The van der Waals surface area contributed by atoms with Gasteiger partial charge in [-0.1, -0.05) is 0 Å². The highest BCUT2D eigenvalue weighted by atomic mass is 35.5. The Labute approximate surface area is 94.4 Å². The fraction of sp³-hybridized carbons (Fsp3) is 0.571. The van der Waals surface area contributed by atoms with Gasteiger partial charge in [-0.15, -0.1) is 0 Å². The van der Waals surface area contributed by atoms with Gasteiger partial charge in [0.1, 0.15) is 6.54 Å². The van der Waals surface area contributed by atoms with Crippen molar-refractivity contribution >= 4 is 23.5 Å². The van der Waals surface area contributed by atoms with Crippen LogP contribution in [-0.2, 0) is 0 Å².